The number of nitrogens with zero attached hydrogens (tertiary/aromatic N) is 4. The number of anilines is 3. The van der Waals surface area contributed by atoms with Crippen LogP contribution in [0.25, 0.3) is 21.8 Å². The third kappa shape index (κ3) is 6.41. The maximum Gasteiger partial charge on any atom is 0.148 e. The molecule has 5 rings (SSSR count). The monoisotopic (exact) mass is 515 g/mol. The second-order valence-electron chi connectivity index (χ2n) is 8.95. The van der Waals surface area contributed by atoms with Gasteiger partial charge in [-0.15, -0.1) is 0 Å². The summed E-state index contributed by atoms with van der Waals surface area (Å²) in [5.74, 6) is 0.852. The Morgan fingerprint density at radius 3 is 2.57 bits per heavy atom. The lowest BCUT2D eigenvalue weighted by atomic mass is 10.2. The average molecular weight is 516 g/mol. The van der Waals surface area contributed by atoms with Crippen molar-refractivity contribution in [1.29, 1.82) is 0 Å². The summed E-state index contributed by atoms with van der Waals surface area (Å²) in [5, 5.41) is 16.5. The van der Waals surface area contributed by atoms with E-state index in [1.165, 1.54) is 11.8 Å². The molecule has 10 heteroatoms. The van der Waals surface area contributed by atoms with Gasteiger partial charge in [0.25, 0.3) is 0 Å². The minimum Gasteiger partial charge on any atom is -0.384 e. The van der Waals surface area contributed by atoms with Gasteiger partial charge in [-0.25, -0.2) is 18.4 Å². The van der Waals surface area contributed by atoms with Crippen molar-refractivity contribution < 1.29 is 8.42 Å². The van der Waals surface area contributed by atoms with Crippen molar-refractivity contribution in [2.75, 3.05) is 42.3 Å². The number of fused-ring (bicyclic) bond motifs is 2. The quantitative estimate of drug-likeness (QED) is 0.228. The van der Waals surface area contributed by atoms with E-state index < -0.39 is 9.84 Å². The molecule has 0 saturated carbocycles. The van der Waals surface area contributed by atoms with Crippen LogP contribution in [0.3, 0.4) is 0 Å². The van der Waals surface area contributed by atoms with Crippen molar-refractivity contribution >= 4 is 48.8 Å². The van der Waals surface area contributed by atoms with Crippen molar-refractivity contribution in [3.05, 3.63) is 84.8 Å². The highest BCUT2D eigenvalue weighted by Crippen LogP contribution is 2.27. The molecule has 0 unspecified atom stereocenters. The van der Waals surface area contributed by atoms with Gasteiger partial charge in [0.2, 0.25) is 0 Å². The van der Waals surface area contributed by atoms with E-state index in [0.717, 1.165) is 45.5 Å². The van der Waals surface area contributed by atoms with E-state index in [1.54, 1.807) is 6.33 Å². The fourth-order valence-corrected chi connectivity index (χ4v) is 4.64. The summed E-state index contributed by atoms with van der Waals surface area (Å²) < 4.78 is 24.5. The van der Waals surface area contributed by atoms with E-state index in [-0.39, 0.29) is 5.75 Å². The molecule has 0 atom stereocenters. The molecule has 5 aromatic rings. The summed E-state index contributed by atoms with van der Waals surface area (Å²) in [6, 6.07) is 22.4. The van der Waals surface area contributed by atoms with Crippen LogP contribution in [0.5, 0.6) is 0 Å². The average Bonchev–Trinajstić information content (AvgIpc) is 3.28. The van der Waals surface area contributed by atoms with Crippen molar-refractivity contribution in [2.45, 2.75) is 6.54 Å². The third-order valence-corrected chi connectivity index (χ3v) is 6.94. The highest BCUT2D eigenvalue weighted by atomic mass is 32.2. The van der Waals surface area contributed by atoms with Crippen LogP contribution in [0.15, 0.2) is 79.3 Å². The zero-order valence-corrected chi connectivity index (χ0v) is 21.4. The Balaban J connectivity index is 1.27. The van der Waals surface area contributed by atoms with Crippen molar-refractivity contribution in [1.82, 2.24) is 25.1 Å². The van der Waals surface area contributed by atoms with Gasteiger partial charge in [0.15, 0.2) is 0 Å². The molecule has 0 saturated heterocycles. The molecule has 190 valence electrons. The van der Waals surface area contributed by atoms with E-state index in [1.807, 2.05) is 53.3 Å². The molecule has 37 heavy (non-hydrogen) atoms. The van der Waals surface area contributed by atoms with Crippen LogP contribution in [0.2, 0.25) is 0 Å². The molecule has 9 nitrogen and oxygen atoms in total. The Kier molecular flexibility index (Phi) is 7.29. The van der Waals surface area contributed by atoms with Crippen LogP contribution >= 0.6 is 0 Å². The molecule has 0 aliphatic carbocycles. The van der Waals surface area contributed by atoms with E-state index in [4.69, 9.17) is 0 Å². The number of aromatic nitrogens is 4. The fraction of sp³-hybridized carbons (Fsp3) is 0.222. The molecule has 2 aromatic heterocycles. The molecule has 0 radical (unpaired) electrons. The Hall–Kier alpha value is -4.02. The van der Waals surface area contributed by atoms with Gasteiger partial charge in [0.1, 0.15) is 22.0 Å². The maximum absolute atomic E-state index is 11.2. The zero-order valence-electron chi connectivity index (χ0n) is 20.6. The topological polar surface area (TPSA) is 114 Å². The molecule has 0 amide bonds. The number of hydrogen-bond acceptors (Lipinski definition) is 8. The lowest BCUT2D eigenvalue weighted by Crippen LogP contribution is -2.27. The maximum atomic E-state index is 11.2. The lowest BCUT2D eigenvalue weighted by Gasteiger charge is -2.12. The summed E-state index contributed by atoms with van der Waals surface area (Å²) in [6.07, 6.45) is 4.68. The first-order valence-electron chi connectivity index (χ1n) is 12.1. The Morgan fingerprint density at radius 2 is 1.73 bits per heavy atom. The lowest BCUT2D eigenvalue weighted by molar-refractivity contribution is 0.597. The second kappa shape index (κ2) is 10.9. The summed E-state index contributed by atoms with van der Waals surface area (Å²) in [6.45, 7) is 2.48. The number of rotatable bonds is 11. The van der Waals surface area contributed by atoms with Crippen LogP contribution in [-0.4, -0.2) is 59.8 Å². The van der Waals surface area contributed by atoms with Gasteiger partial charge in [-0.1, -0.05) is 30.3 Å². The van der Waals surface area contributed by atoms with Crippen LogP contribution in [0.4, 0.5) is 17.2 Å². The normalized spacial score (nSPS) is 11.7. The highest BCUT2D eigenvalue weighted by molar-refractivity contribution is 7.90. The van der Waals surface area contributed by atoms with E-state index in [0.29, 0.717) is 19.6 Å². The molecular weight excluding hydrogens is 486 g/mol. The predicted octanol–water partition coefficient (Wildman–Crippen LogP) is 3.82. The SMILES string of the molecule is CS(=O)(=O)CCNCCNc1ccc2ncnc(Nc3ccc4c(cnn4Cc4ccccc4)c3)c2c1. The first-order valence-corrected chi connectivity index (χ1v) is 14.1. The smallest absolute Gasteiger partial charge is 0.148 e. The molecule has 0 aliphatic rings. The molecule has 3 N–H and O–H groups in total. The highest BCUT2D eigenvalue weighted by Gasteiger charge is 2.09. The first kappa shape index (κ1) is 24.7. The Labute approximate surface area is 215 Å². The van der Waals surface area contributed by atoms with Gasteiger partial charge in [0, 0.05) is 48.0 Å². The zero-order chi connectivity index (χ0) is 25.7. The predicted molar refractivity (Wildman–Crippen MR) is 149 cm³/mol. The molecule has 3 aromatic carbocycles. The van der Waals surface area contributed by atoms with Crippen LogP contribution in [0.1, 0.15) is 5.56 Å². The largest absolute Gasteiger partial charge is 0.384 e. The number of benzene rings is 3. The summed E-state index contributed by atoms with van der Waals surface area (Å²) in [4.78, 5) is 8.89. The molecule has 0 fully saturated rings. The molecule has 0 aliphatic heterocycles. The van der Waals surface area contributed by atoms with Crippen LogP contribution in [0, 0.1) is 0 Å². The number of nitrogens with one attached hydrogen (secondary N) is 3. The second-order valence-corrected chi connectivity index (χ2v) is 11.2. The van der Waals surface area contributed by atoms with Crippen molar-refractivity contribution in [3.63, 3.8) is 0 Å². The molecule has 2 heterocycles. The molecular formula is C27H29N7O2S. The minimum atomic E-state index is -2.95. The van der Waals surface area contributed by atoms with Crippen molar-refractivity contribution in [3.8, 4) is 0 Å². The van der Waals surface area contributed by atoms with Crippen molar-refractivity contribution in [2.24, 2.45) is 0 Å². The van der Waals surface area contributed by atoms with Crippen LogP contribution in [-0.2, 0) is 16.4 Å². The Bertz CT molecular complexity index is 1620. The number of hydrogen-bond donors (Lipinski definition) is 3. The summed E-state index contributed by atoms with van der Waals surface area (Å²) >= 11 is 0. The van der Waals surface area contributed by atoms with Gasteiger partial charge < -0.3 is 16.0 Å². The summed E-state index contributed by atoms with van der Waals surface area (Å²) in [7, 11) is -2.95. The van der Waals surface area contributed by atoms with Gasteiger partial charge in [0.05, 0.1) is 29.5 Å². The van der Waals surface area contributed by atoms with Gasteiger partial charge in [-0.05, 0) is 42.0 Å². The fourth-order valence-electron chi connectivity index (χ4n) is 4.13. The molecule has 0 spiro atoms. The van der Waals surface area contributed by atoms with Gasteiger partial charge >= 0.3 is 0 Å². The third-order valence-electron chi connectivity index (χ3n) is 6.00. The minimum absolute atomic E-state index is 0.134. The summed E-state index contributed by atoms with van der Waals surface area (Å²) in [5.41, 5.74) is 4.97. The van der Waals surface area contributed by atoms with E-state index in [9.17, 15) is 8.42 Å². The Morgan fingerprint density at radius 1 is 0.892 bits per heavy atom. The standard InChI is InChI=1S/C27H29N7O2S/c1-37(35,36)14-13-28-11-12-29-22-7-9-25-24(16-22)27(31-19-30-25)33-23-8-10-26-21(15-23)17-32-34(26)18-20-5-3-2-4-6-20/h2-10,15-17,19,28-29H,11-14,18H2,1H3,(H,30,31,33). The van der Waals surface area contributed by atoms with Gasteiger partial charge in [-0.2, -0.15) is 5.10 Å². The van der Waals surface area contributed by atoms with Gasteiger partial charge in [-0.3, -0.25) is 4.68 Å². The number of sulfone groups is 1. The first-order chi connectivity index (χ1) is 17.9. The van der Waals surface area contributed by atoms with Crippen LogP contribution < -0.4 is 16.0 Å². The molecule has 0 bridgehead atoms. The van der Waals surface area contributed by atoms with E-state index in [2.05, 4.69) is 55.3 Å². The van der Waals surface area contributed by atoms with E-state index >= 15 is 0 Å².